The van der Waals surface area contributed by atoms with Gasteiger partial charge in [0.1, 0.15) is 11.6 Å². The van der Waals surface area contributed by atoms with Crippen molar-refractivity contribution in [3.05, 3.63) is 60.2 Å². The molecule has 2 aromatic carbocycles. The summed E-state index contributed by atoms with van der Waals surface area (Å²) in [6, 6.07) is 17.9. The molecule has 0 fully saturated rings. The molecule has 2 aromatic rings. The number of aliphatic imine (C=N–C) groups is 1. The van der Waals surface area contributed by atoms with Crippen molar-refractivity contribution in [1.82, 2.24) is 5.32 Å². The standard InChI is InChI=1S/C31H48N2O/c1-3-5-6-7-8-9-10-11-12-13-14-18-22-28(19-4-2)32-31(27-20-16-15-17-21-27)33-29-23-25-30(34)26-24-29/h15-17,20-21,23-26,28,34H,3-14,18-19,22H2,1-2H3,(H,32,33). The molecule has 2 rings (SSSR count). The number of phenolic OH excluding ortho intramolecular Hbond substituents is 1. The van der Waals surface area contributed by atoms with Gasteiger partial charge >= 0.3 is 0 Å². The zero-order valence-electron chi connectivity index (χ0n) is 21.8. The maximum atomic E-state index is 9.60. The van der Waals surface area contributed by atoms with Gasteiger partial charge in [-0.2, -0.15) is 0 Å². The molecule has 0 bridgehead atoms. The van der Waals surface area contributed by atoms with Crippen molar-refractivity contribution in [3.8, 4) is 5.75 Å². The fraction of sp³-hybridized carbons (Fsp3) is 0.581. The van der Waals surface area contributed by atoms with Crippen LogP contribution >= 0.6 is 0 Å². The fourth-order valence-electron chi connectivity index (χ4n) is 4.49. The molecule has 3 nitrogen and oxygen atoms in total. The molecule has 0 spiro atoms. The lowest BCUT2D eigenvalue weighted by molar-refractivity contribution is 0.474. The minimum absolute atomic E-state index is 0.268. The van der Waals surface area contributed by atoms with E-state index < -0.39 is 0 Å². The van der Waals surface area contributed by atoms with E-state index in [0.29, 0.717) is 6.04 Å². The van der Waals surface area contributed by atoms with Crippen molar-refractivity contribution in [3.63, 3.8) is 0 Å². The predicted octanol–water partition coefficient (Wildman–Crippen LogP) is 9.32. The van der Waals surface area contributed by atoms with Gasteiger partial charge in [-0.15, -0.1) is 0 Å². The van der Waals surface area contributed by atoms with Crippen LogP contribution in [0.2, 0.25) is 0 Å². The van der Waals surface area contributed by atoms with Gasteiger partial charge in [0.15, 0.2) is 0 Å². The average Bonchev–Trinajstić information content (AvgIpc) is 2.86. The van der Waals surface area contributed by atoms with E-state index in [0.717, 1.165) is 29.9 Å². The summed E-state index contributed by atoms with van der Waals surface area (Å²) >= 11 is 0. The molecule has 0 saturated heterocycles. The van der Waals surface area contributed by atoms with Crippen molar-refractivity contribution < 1.29 is 5.11 Å². The quantitative estimate of drug-likeness (QED) is 0.131. The van der Waals surface area contributed by atoms with E-state index in [1.54, 1.807) is 12.1 Å². The van der Waals surface area contributed by atoms with Gasteiger partial charge in [-0.1, -0.05) is 128 Å². The molecule has 0 aromatic heterocycles. The van der Waals surface area contributed by atoms with E-state index in [4.69, 9.17) is 4.99 Å². The summed E-state index contributed by atoms with van der Waals surface area (Å²) in [6.07, 6.45) is 20.1. The molecule has 188 valence electrons. The van der Waals surface area contributed by atoms with Crippen molar-refractivity contribution in [2.45, 2.75) is 116 Å². The van der Waals surface area contributed by atoms with Gasteiger partial charge in [0.25, 0.3) is 0 Å². The Labute approximate surface area is 209 Å². The van der Waals surface area contributed by atoms with Crippen LogP contribution in [0.3, 0.4) is 0 Å². The summed E-state index contributed by atoms with van der Waals surface area (Å²) in [5.74, 6) is 1.19. The van der Waals surface area contributed by atoms with Crippen LogP contribution in [-0.4, -0.2) is 17.0 Å². The number of nitrogens with one attached hydrogen (secondary N) is 1. The Balaban J connectivity index is 1.77. The van der Waals surface area contributed by atoms with Crippen LogP contribution in [0.1, 0.15) is 116 Å². The molecule has 1 atom stereocenters. The first-order valence-corrected chi connectivity index (χ1v) is 13.9. The third kappa shape index (κ3) is 12.3. The molecular weight excluding hydrogens is 416 g/mol. The predicted molar refractivity (Wildman–Crippen MR) is 148 cm³/mol. The Kier molecular flexibility index (Phi) is 14.9. The zero-order chi connectivity index (χ0) is 24.3. The van der Waals surface area contributed by atoms with Gasteiger partial charge in [0.05, 0.1) is 5.69 Å². The molecule has 0 amide bonds. The average molecular weight is 465 g/mol. The smallest absolute Gasteiger partial charge is 0.134 e. The van der Waals surface area contributed by atoms with Crippen LogP contribution in [0, 0.1) is 0 Å². The van der Waals surface area contributed by atoms with E-state index >= 15 is 0 Å². The molecule has 1 unspecified atom stereocenters. The third-order valence-electron chi connectivity index (χ3n) is 6.52. The summed E-state index contributed by atoms with van der Waals surface area (Å²) in [4.78, 5) is 4.90. The monoisotopic (exact) mass is 464 g/mol. The van der Waals surface area contributed by atoms with Gasteiger partial charge in [0, 0.05) is 11.6 Å². The second-order valence-corrected chi connectivity index (χ2v) is 9.65. The van der Waals surface area contributed by atoms with Gasteiger partial charge in [-0.05, 0) is 37.1 Å². The number of hydrogen-bond acceptors (Lipinski definition) is 2. The highest BCUT2D eigenvalue weighted by Gasteiger charge is 2.12. The maximum Gasteiger partial charge on any atom is 0.134 e. The van der Waals surface area contributed by atoms with Crippen LogP contribution < -0.4 is 5.32 Å². The summed E-state index contributed by atoms with van der Waals surface area (Å²) in [5.41, 5.74) is 1.95. The number of nitrogens with zero attached hydrogens (tertiary/aromatic N) is 1. The van der Waals surface area contributed by atoms with Crippen molar-refractivity contribution >= 4 is 11.5 Å². The van der Waals surface area contributed by atoms with Gasteiger partial charge in [0.2, 0.25) is 0 Å². The number of benzene rings is 2. The first-order chi connectivity index (χ1) is 16.7. The number of hydrogen-bond donors (Lipinski definition) is 2. The lowest BCUT2D eigenvalue weighted by Gasteiger charge is -2.21. The Hall–Kier alpha value is -2.29. The molecule has 3 heteroatoms. The summed E-state index contributed by atoms with van der Waals surface area (Å²) in [5, 5.41) is 13.4. The lowest BCUT2D eigenvalue weighted by Crippen LogP contribution is -2.35. The SMILES string of the molecule is CCCCCCCCCCCCCCC(CCC)NC(=Nc1ccc(O)cc1)c1ccccc1. The second kappa shape index (κ2) is 18.1. The summed E-state index contributed by atoms with van der Waals surface area (Å²) in [6.45, 7) is 4.55. The zero-order valence-corrected chi connectivity index (χ0v) is 21.8. The van der Waals surface area contributed by atoms with E-state index in [9.17, 15) is 5.11 Å². The van der Waals surface area contributed by atoms with Crippen molar-refractivity contribution in [2.75, 3.05) is 0 Å². The molecule has 0 aliphatic carbocycles. The number of aromatic hydroxyl groups is 1. The molecule has 0 heterocycles. The Morgan fingerprint density at radius 1 is 0.676 bits per heavy atom. The number of unbranched alkanes of at least 4 members (excludes halogenated alkanes) is 11. The van der Waals surface area contributed by atoms with E-state index in [1.807, 2.05) is 18.2 Å². The maximum absolute atomic E-state index is 9.60. The molecular formula is C31H48N2O. The van der Waals surface area contributed by atoms with E-state index in [1.165, 1.54) is 83.5 Å². The van der Waals surface area contributed by atoms with Crippen LogP contribution in [-0.2, 0) is 0 Å². The van der Waals surface area contributed by atoms with Gasteiger partial charge < -0.3 is 10.4 Å². The first-order valence-electron chi connectivity index (χ1n) is 13.9. The van der Waals surface area contributed by atoms with Crippen LogP contribution in [0.25, 0.3) is 0 Å². The van der Waals surface area contributed by atoms with Gasteiger partial charge in [-0.3, -0.25) is 0 Å². The minimum Gasteiger partial charge on any atom is -0.508 e. The highest BCUT2D eigenvalue weighted by Crippen LogP contribution is 2.19. The molecule has 34 heavy (non-hydrogen) atoms. The molecule has 0 aliphatic heterocycles. The van der Waals surface area contributed by atoms with Crippen LogP contribution in [0.15, 0.2) is 59.6 Å². The van der Waals surface area contributed by atoms with Crippen molar-refractivity contribution in [2.24, 2.45) is 4.99 Å². The largest absolute Gasteiger partial charge is 0.508 e. The highest BCUT2D eigenvalue weighted by molar-refractivity contribution is 6.00. The normalized spacial score (nSPS) is 12.6. The molecule has 0 saturated carbocycles. The Morgan fingerprint density at radius 2 is 1.24 bits per heavy atom. The minimum atomic E-state index is 0.268. The van der Waals surface area contributed by atoms with E-state index in [2.05, 4.69) is 43.4 Å². The van der Waals surface area contributed by atoms with Gasteiger partial charge in [-0.25, -0.2) is 4.99 Å². The Morgan fingerprint density at radius 3 is 1.79 bits per heavy atom. The molecule has 0 aliphatic rings. The Bertz CT molecular complexity index is 770. The fourth-order valence-corrected chi connectivity index (χ4v) is 4.49. The molecule has 0 radical (unpaired) electrons. The first kappa shape index (κ1) is 28.0. The topological polar surface area (TPSA) is 44.6 Å². The number of amidine groups is 1. The third-order valence-corrected chi connectivity index (χ3v) is 6.52. The second-order valence-electron chi connectivity index (χ2n) is 9.65. The van der Waals surface area contributed by atoms with E-state index in [-0.39, 0.29) is 5.75 Å². The van der Waals surface area contributed by atoms with Crippen LogP contribution in [0.5, 0.6) is 5.75 Å². The number of rotatable bonds is 18. The number of phenols is 1. The highest BCUT2D eigenvalue weighted by atomic mass is 16.3. The summed E-state index contributed by atoms with van der Waals surface area (Å²) in [7, 11) is 0. The van der Waals surface area contributed by atoms with Crippen molar-refractivity contribution in [1.29, 1.82) is 0 Å². The summed E-state index contributed by atoms with van der Waals surface area (Å²) < 4.78 is 0. The van der Waals surface area contributed by atoms with Crippen LogP contribution in [0.4, 0.5) is 5.69 Å². The molecule has 2 N–H and O–H groups in total. The lowest BCUT2D eigenvalue weighted by atomic mass is 10.0.